The van der Waals surface area contributed by atoms with Crippen LogP contribution >= 0.6 is 0 Å². The van der Waals surface area contributed by atoms with Gasteiger partial charge in [0, 0.05) is 45.7 Å². The van der Waals surface area contributed by atoms with Crippen LogP contribution in [0, 0.1) is 0 Å². The van der Waals surface area contributed by atoms with Crippen molar-refractivity contribution < 1.29 is 17.9 Å². The molecule has 0 radical (unpaired) electrons. The monoisotopic (exact) mass is 386 g/mol. The minimum absolute atomic E-state index is 0.119. The van der Waals surface area contributed by atoms with E-state index in [1.54, 1.807) is 7.11 Å². The third-order valence-corrected chi connectivity index (χ3v) is 4.47. The van der Waals surface area contributed by atoms with Crippen molar-refractivity contribution in [3.8, 4) is 5.75 Å². The number of aliphatic imine (C=N–C) groups is 1. The Balaban J connectivity index is 1.87. The van der Waals surface area contributed by atoms with Gasteiger partial charge in [0.15, 0.2) is 5.96 Å². The lowest BCUT2D eigenvalue weighted by molar-refractivity contribution is -0.135. The van der Waals surface area contributed by atoms with Gasteiger partial charge in [-0.3, -0.25) is 4.99 Å². The lowest BCUT2D eigenvalue weighted by Crippen LogP contribution is -2.52. The van der Waals surface area contributed by atoms with Crippen molar-refractivity contribution in [3.05, 3.63) is 24.3 Å². The topological polar surface area (TPSA) is 40.1 Å². The van der Waals surface area contributed by atoms with Crippen molar-refractivity contribution in [1.82, 2.24) is 10.2 Å². The molecule has 0 unspecified atom stereocenters. The van der Waals surface area contributed by atoms with E-state index < -0.39 is 12.6 Å². The molecule has 1 heterocycles. The predicted octanol–water partition coefficient (Wildman–Crippen LogP) is 3.52. The average molecular weight is 386 g/mol. The number of rotatable bonds is 7. The summed E-state index contributed by atoms with van der Waals surface area (Å²) in [7, 11) is 1.67. The van der Waals surface area contributed by atoms with E-state index in [2.05, 4.69) is 26.2 Å². The lowest BCUT2D eigenvalue weighted by Gasteiger charge is -2.38. The number of nitrogens with zero attached hydrogens (tertiary/aromatic N) is 3. The first kappa shape index (κ1) is 21.2. The third kappa shape index (κ3) is 6.84. The second kappa shape index (κ2) is 10.3. The standard InChI is InChI=1S/C19H29F3N4O/c1-3-23-18(24-11-7-6-10-19(20,21)22)26-14-12-25(13-15-26)16-8-4-5-9-17(16)27-2/h4-5,8-9H,3,6-7,10-15H2,1-2H3,(H,23,24). The Morgan fingerprint density at radius 2 is 1.85 bits per heavy atom. The summed E-state index contributed by atoms with van der Waals surface area (Å²) in [6.45, 7) is 6.39. The van der Waals surface area contributed by atoms with E-state index in [1.807, 2.05) is 25.1 Å². The van der Waals surface area contributed by atoms with Gasteiger partial charge in [-0.2, -0.15) is 13.2 Å². The quantitative estimate of drug-likeness (QED) is 0.442. The molecule has 0 spiro atoms. The van der Waals surface area contributed by atoms with Crippen LogP contribution in [0.3, 0.4) is 0 Å². The molecule has 152 valence electrons. The molecule has 27 heavy (non-hydrogen) atoms. The van der Waals surface area contributed by atoms with E-state index >= 15 is 0 Å². The molecule has 0 bridgehead atoms. The summed E-state index contributed by atoms with van der Waals surface area (Å²) in [5.41, 5.74) is 1.08. The van der Waals surface area contributed by atoms with Gasteiger partial charge >= 0.3 is 6.18 Å². The van der Waals surface area contributed by atoms with Crippen LogP contribution in [0.15, 0.2) is 29.3 Å². The minimum atomic E-state index is -4.08. The van der Waals surface area contributed by atoms with Crippen LogP contribution in [0.1, 0.15) is 26.2 Å². The van der Waals surface area contributed by atoms with Crippen LogP contribution in [0.5, 0.6) is 5.75 Å². The molecule has 0 aliphatic carbocycles. The first-order valence-corrected chi connectivity index (χ1v) is 9.42. The number of alkyl halides is 3. The van der Waals surface area contributed by atoms with E-state index in [1.165, 1.54) is 0 Å². The first-order valence-electron chi connectivity index (χ1n) is 9.42. The molecule has 1 N–H and O–H groups in total. The average Bonchev–Trinajstić information content (AvgIpc) is 2.66. The zero-order chi connectivity index (χ0) is 19.7. The summed E-state index contributed by atoms with van der Waals surface area (Å²) in [6, 6.07) is 7.95. The molecule has 1 saturated heterocycles. The van der Waals surface area contributed by atoms with Crippen LogP contribution in [0.2, 0.25) is 0 Å². The Labute approximate surface area is 159 Å². The molecule has 1 aliphatic heterocycles. The Kier molecular flexibility index (Phi) is 8.06. The Hall–Kier alpha value is -2.12. The maximum atomic E-state index is 12.2. The number of hydrogen-bond donors (Lipinski definition) is 1. The summed E-state index contributed by atoms with van der Waals surface area (Å²) in [4.78, 5) is 8.95. The molecule has 1 aromatic rings. The van der Waals surface area contributed by atoms with Crippen LogP contribution < -0.4 is 15.0 Å². The number of unbranched alkanes of at least 4 members (excludes halogenated alkanes) is 1. The SMILES string of the molecule is CCNC(=NCCCCC(F)(F)F)N1CCN(c2ccccc2OC)CC1. The van der Waals surface area contributed by atoms with E-state index in [4.69, 9.17) is 4.74 Å². The van der Waals surface area contributed by atoms with Crippen LogP contribution in [-0.2, 0) is 0 Å². The fourth-order valence-electron chi connectivity index (χ4n) is 3.10. The largest absolute Gasteiger partial charge is 0.495 e. The molecule has 5 nitrogen and oxygen atoms in total. The maximum absolute atomic E-state index is 12.2. The fraction of sp³-hybridized carbons (Fsp3) is 0.632. The predicted molar refractivity (Wildman–Crippen MR) is 103 cm³/mol. The highest BCUT2D eigenvalue weighted by Gasteiger charge is 2.26. The number of benzene rings is 1. The normalized spacial score (nSPS) is 15.8. The molecular formula is C19H29F3N4O. The summed E-state index contributed by atoms with van der Waals surface area (Å²) >= 11 is 0. The van der Waals surface area contributed by atoms with Gasteiger partial charge in [0.05, 0.1) is 12.8 Å². The zero-order valence-corrected chi connectivity index (χ0v) is 16.1. The number of para-hydroxylation sites is 2. The number of ether oxygens (including phenoxy) is 1. The number of nitrogens with one attached hydrogen (secondary N) is 1. The van der Waals surface area contributed by atoms with Gasteiger partial charge in [0.1, 0.15) is 5.75 Å². The van der Waals surface area contributed by atoms with Gasteiger partial charge < -0.3 is 19.9 Å². The maximum Gasteiger partial charge on any atom is 0.389 e. The highest BCUT2D eigenvalue weighted by Crippen LogP contribution is 2.28. The van der Waals surface area contributed by atoms with Crippen LogP contribution in [0.25, 0.3) is 0 Å². The molecule has 1 aliphatic rings. The highest BCUT2D eigenvalue weighted by atomic mass is 19.4. The summed E-state index contributed by atoms with van der Waals surface area (Å²) < 4.78 is 42.1. The molecule has 0 atom stereocenters. The van der Waals surface area contributed by atoms with E-state index in [0.717, 1.165) is 50.1 Å². The Morgan fingerprint density at radius 3 is 2.48 bits per heavy atom. The van der Waals surface area contributed by atoms with Crippen LogP contribution in [0.4, 0.5) is 18.9 Å². The van der Waals surface area contributed by atoms with E-state index in [9.17, 15) is 13.2 Å². The van der Waals surface area contributed by atoms with Crippen molar-refractivity contribution in [2.45, 2.75) is 32.4 Å². The second-order valence-electron chi connectivity index (χ2n) is 6.45. The lowest BCUT2D eigenvalue weighted by atomic mass is 10.2. The molecule has 0 saturated carbocycles. The highest BCUT2D eigenvalue weighted by molar-refractivity contribution is 5.80. The van der Waals surface area contributed by atoms with Gasteiger partial charge in [-0.1, -0.05) is 12.1 Å². The van der Waals surface area contributed by atoms with E-state index in [-0.39, 0.29) is 6.42 Å². The minimum Gasteiger partial charge on any atom is -0.495 e. The van der Waals surface area contributed by atoms with Crippen molar-refractivity contribution in [2.24, 2.45) is 4.99 Å². The number of hydrogen-bond acceptors (Lipinski definition) is 3. The van der Waals surface area contributed by atoms with Crippen molar-refractivity contribution >= 4 is 11.6 Å². The van der Waals surface area contributed by atoms with Gasteiger partial charge in [0.25, 0.3) is 0 Å². The van der Waals surface area contributed by atoms with Crippen molar-refractivity contribution in [1.29, 1.82) is 0 Å². The molecule has 1 aromatic carbocycles. The van der Waals surface area contributed by atoms with Gasteiger partial charge in [0.2, 0.25) is 0 Å². The summed E-state index contributed by atoms with van der Waals surface area (Å²) in [5.74, 6) is 1.64. The molecule has 2 rings (SSSR count). The molecular weight excluding hydrogens is 357 g/mol. The van der Waals surface area contributed by atoms with Crippen molar-refractivity contribution in [2.75, 3.05) is 51.3 Å². The summed E-state index contributed by atoms with van der Waals surface area (Å²) in [6.07, 6.45) is -4.26. The first-order chi connectivity index (χ1) is 12.9. The number of halogens is 3. The van der Waals surface area contributed by atoms with Gasteiger partial charge in [-0.05, 0) is 31.9 Å². The van der Waals surface area contributed by atoms with Crippen molar-refractivity contribution in [3.63, 3.8) is 0 Å². The molecule has 8 heteroatoms. The summed E-state index contributed by atoms with van der Waals surface area (Å²) in [5, 5.41) is 3.25. The van der Waals surface area contributed by atoms with Crippen LogP contribution in [-0.4, -0.2) is 63.4 Å². The number of anilines is 1. The smallest absolute Gasteiger partial charge is 0.389 e. The fourth-order valence-corrected chi connectivity index (χ4v) is 3.10. The molecule has 1 fully saturated rings. The van der Waals surface area contributed by atoms with E-state index in [0.29, 0.717) is 13.0 Å². The van der Waals surface area contributed by atoms with Gasteiger partial charge in [-0.15, -0.1) is 0 Å². The molecule has 0 aromatic heterocycles. The number of methoxy groups -OCH3 is 1. The zero-order valence-electron chi connectivity index (χ0n) is 16.1. The number of guanidine groups is 1. The van der Waals surface area contributed by atoms with Gasteiger partial charge in [-0.25, -0.2) is 0 Å². The molecule has 0 amide bonds. The second-order valence-corrected chi connectivity index (χ2v) is 6.45. The number of piperazine rings is 1. The Bertz CT molecular complexity index is 599. The Morgan fingerprint density at radius 1 is 1.15 bits per heavy atom. The third-order valence-electron chi connectivity index (χ3n) is 4.47.